The molecule has 1 fully saturated rings. The molecule has 1 aliphatic rings. The molecular formula is C34H40ClN7O3. The fourth-order valence-corrected chi connectivity index (χ4v) is 6.25. The number of fused-ring (bicyclic) bond motifs is 1. The van der Waals surface area contributed by atoms with Crippen LogP contribution in [0.4, 0.5) is 0 Å². The van der Waals surface area contributed by atoms with E-state index in [1.54, 1.807) is 45.0 Å². The van der Waals surface area contributed by atoms with Crippen LogP contribution in [-0.4, -0.2) is 61.2 Å². The van der Waals surface area contributed by atoms with Crippen molar-refractivity contribution in [3.05, 3.63) is 82.4 Å². The van der Waals surface area contributed by atoms with Crippen molar-refractivity contribution in [3.8, 4) is 0 Å². The normalized spacial score (nSPS) is 15.5. The Bertz CT molecular complexity index is 1760. The number of aryl methyl sites for hydroxylation is 1. The summed E-state index contributed by atoms with van der Waals surface area (Å²) in [7, 11) is 1.72. The standard InChI is InChI=1S/C34H40ClN7O3/c1-20(2)28(23-11-7-8-12-24(23)35)29(40-31(43)27-15-16-36-41(27)6)30-38-25-14-13-22(19-26(25)39-30)34(4,5)33(45)37-21(3)32(44)42-17-9-10-18-42/h7-8,11-16,19-20,28-29H,9-10,17-18H2,1-6H3,(H,38,39)(H,40,43). The molecule has 0 radical (unpaired) electrons. The summed E-state index contributed by atoms with van der Waals surface area (Å²) in [6, 6.07) is 14.3. The topological polar surface area (TPSA) is 125 Å². The predicted octanol–water partition coefficient (Wildman–Crippen LogP) is 5.75. The molecule has 3 amide bonds. The summed E-state index contributed by atoms with van der Waals surface area (Å²) in [4.78, 5) is 54.0. The number of nitrogens with zero attached hydrogens (tertiary/aromatic N) is 5. The van der Waals surface area contributed by atoms with Gasteiger partial charge in [-0.3, -0.25) is 19.1 Å². The number of benzene rings is 2. The largest absolute Gasteiger partial charge is 0.340 e. The second-order valence-electron chi connectivity index (χ2n) is 12.6. The highest BCUT2D eigenvalue weighted by atomic mass is 35.5. The fraction of sp³-hybridized carbons (Fsp3) is 0.412. The lowest BCUT2D eigenvalue weighted by Gasteiger charge is -2.31. The van der Waals surface area contributed by atoms with E-state index in [9.17, 15) is 14.4 Å². The van der Waals surface area contributed by atoms with Gasteiger partial charge in [-0.2, -0.15) is 5.10 Å². The highest BCUT2D eigenvalue weighted by Gasteiger charge is 2.35. The molecule has 236 valence electrons. The van der Waals surface area contributed by atoms with Crippen LogP contribution >= 0.6 is 11.6 Å². The van der Waals surface area contributed by atoms with Crippen LogP contribution in [0.1, 0.15) is 86.9 Å². The Morgan fingerprint density at radius 2 is 1.78 bits per heavy atom. The summed E-state index contributed by atoms with van der Waals surface area (Å²) >= 11 is 6.70. The number of carbonyl (C=O) groups is 3. The number of likely N-dealkylation sites (tertiary alicyclic amines) is 1. The van der Waals surface area contributed by atoms with E-state index < -0.39 is 17.4 Å². The van der Waals surface area contributed by atoms with Gasteiger partial charge in [-0.1, -0.05) is 49.7 Å². The van der Waals surface area contributed by atoms with E-state index in [2.05, 4.69) is 34.2 Å². The van der Waals surface area contributed by atoms with Crippen molar-refractivity contribution >= 4 is 46.1 Å². The average Bonchev–Trinajstić information content (AvgIpc) is 3.77. The summed E-state index contributed by atoms with van der Waals surface area (Å²) in [5.41, 5.74) is 2.62. The zero-order valence-corrected chi connectivity index (χ0v) is 27.4. The Morgan fingerprint density at radius 3 is 2.42 bits per heavy atom. The molecule has 0 spiro atoms. The molecule has 0 aliphatic carbocycles. The summed E-state index contributed by atoms with van der Waals surface area (Å²) in [5.74, 6) is -0.465. The van der Waals surface area contributed by atoms with Gasteiger partial charge in [-0.05, 0) is 74.9 Å². The number of imidazole rings is 1. The number of aliphatic imine (C=N–C) groups is 1. The molecule has 0 saturated carbocycles. The van der Waals surface area contributed by atoms with Crippen LogP contribution < -0.4 is 5.32 Å². The SMILES string of the molecule is CC(=NC(=O)C(C)(C)c1ccc2nc(C(NC(=O)c3ccnn3C)C(c3ccccc3Cl)C(C)C)[nH]c2c1)C(=O)N1CCCC1. The van der Waals surface area contributed by atoms with Gasteiger partial charge in [-0.25, -0.2) is 9.98 Å². The third kappa shape index (κ3) is 6.56. The molecule has 1 saturated heterocycles. The lowest BCUT2D eigenvalue weighted by atomic mass is 9.81. The first kappa shape index (κ1) is 32.1. The number of halogens is 1. The van der Waals surface area contributed by atoms with Gasteiger partial charge in [0.05, 0.1) is 22.5 Å². The number of H-pyrrole nitrogens is 1. The Hall–Kier alpha value is -4.31. The zero-order chi connectivity index (χ0) is 32.5. The number of aromatic nitrogens is 4. The van der Waals surface area contributed by atoms with Crippen LogP contribution in [0.15, 0.2) is 59.7 Å². The van der Waals surface area contributed by atoms with Crippen LogP contribution in [-0.2, 0) is 22.1 Å². The first-order valence-electron chi connectivity index (χ1n) is 15.3. The van der Waals surface area contributed by atoms with Crippen molar-refractivity contribution in [1.29, 1.82) is 0 Å². The number of amides is 3. The maximum atomic E-state index is 13.5. The van der Waals surface area contributed by atoms with Gasteiger partial charge in [0.15, 0.2) is 0 Å². The second-order valence-corrected chi connectivity index (χ2v) is 13.0. The quantitative estimate of drug-likeness (QED) is 0.228. The number of hydrogen-bond acceptors (Lipinski definition) is 5. The third-order valence-corrected chi connectivity index (χ3v) is 9.05. The molecule has 2 atom stereocenters. The highest BCUT2D eigenvalue weighted by molar-refractivity contribution is 6.39. The smallest absolute Gasteiger partial charge is 0.270 e. The van der Waals surface area contributed by atoms with E-state index in [0.717, 1.165) is 24.0 Å². The minimum Gasteiger partial charge on any atom is -0.340 e. The van der Waals surface area contributed by atoms with Crippen molar-refractivity contribution in [2.45, 2.75) is 64.8 Å². The molecular weight excluding hydrogens is 590 g/mol. The van der Waals surface area contributed by atoms with E-state index in [1.165, 1.54) is 4.68 Å². The summed E-state index contributed by atoms with van der Waals surface area (Å²) in [6.07, 6.45) is 3.52. The Morgan fingerprint density at radius 1 is 1.07 bits per heavy atom. The number of hydrogen-bond donors (Lipinski definition) is 2. The van der Waals surface area contributed by atoms with Crippen LogP contribution in [0, 0.1) is 5.92 Å². The van der Waals surface area contributed by atoms with E-state index in [1.807, 2.05) is 42.5 Å². The molecule has 4 aromatic rings. The van der Waals surface area contributed by atoms with Crippen molar-refractivity contribution in [3.63, 3.8) is 0 Å². The maximum Gasteiger partial charge on any atom is 0.270 e. The van der Waals surface area contributed by atoms with Crippen molar-refractivity contribution < 1.29 is 14.4 Å². The lowest BCUT2D eigenvalue weighted by Crippen LogP contribution is -2.36. The van der Waals surface area contributed by atoms with Crippen molar-refractivity contribution in [2.75, 3.05) is 13.1 Å². The van der Waals surface area contributed by atoms with Crippen molar-refractivity contribution in [2.24, 2.45) is 18.0 Å². The minimum atomic E-state index is -1.00. The fourth-order valence-electron chi connectivity index (χ4n) is 5.99. The predicted molar refractivity (Wildman–Crippen MR) is 175 cm³/mol. The van der Waals surface area contributed by atoms with Crippen molar-refractivity contribution in [1.82, 2.24) is 30.0 Å². The maximum absolute atomic E-state index is 13.5. The monoisotopic (exact) mass is 629 g/mol. The molecule has 1 aliphatic heterocycles. The third-order valence-electron chi connectivity index (χ3n) is 8.71. The zero-order valence-electron chi connectivity index (χ0n) is 26.6. The van der Waals surface area contributed by atoms with Crippen LogP contribution in [0.5, 0.6) is 0 Å². The van der Waals surface area contributed by atoms with Gasteiger partial charge >= 0.3 is 0 Å². The molecule has 2 aromatic carbocycles. The number of rotatable bonds is 9. The summed E-state index contributed by atoms with van der Waals surface area (Å²) in [5, 5.41) is 7.96. The first-order valence-corrected chi connectivity index (χ1v) is 15.7. The molecule has 2 N–H and O–H groups in total. The molecule has 11 heteroatoms. The van der Waals surface area contributed by atoms with Gasteiger partial charge in [0.25, 0.3) is 17.7 Å². The highest BCUT2D eigenvalue weighted by Crippen LogP contribution is 2.40. The second kappa shape index (κ2) is 13.0. The number of carbonyl (C=O) groups excluding carboxylic acids is 3. The number of nitrogens with one attached hydrogen (secondary N) is 2. The van der Waals surface area contributed by atoms with Gasteiger partial charge < -0.3 is 15.2 Å². The van der Waals surface area contributed by atoms with Gasteiger partial charge in [0, 0.05) is 37.3 Å². The summed E-state index contributed by atoms with van der Waals surface area (Å²) < 4.78 is 1.53. The Balaban J connectivity index is 1.51. The average molecular weight is 630 g/mol. The molecule has 0 bridgehead atoms. The van der Waals surface area contributed by atoms with Crippen LogP contribution in [0.2, 0.25) is 5.02 Å². The molecule has 2 unspecified atom stereocenters. The van der Waals surface area contributed by atoms with E-state index in [0.29, 0.717) is 40.7 Å². The molecule has 3 heterocycles. The van der Waals surface area contributed by atoms with E-state index in [4.69, 9.17) is 16.6 Å². The van der Waals surface area contributed by atoms with Crippen LogP contribution in [0.25, 0.3) is 11.0 Å². The molecule has 45 heavy (non-hydrogen) atoms. The van der Waals surface area contributed by atoms with Crippen LogP contribution in [0.3, 0.4) is 0 Å². The van der Waals surface area contributed by atoms with E-state index in [-0.39, 0.29) is 29.4 Å². The van der Waals surface area contributed by atoms with Gasteiger partial charge in [0.1, 0.15) is 17.2 Å². The number of aromatic amines is 1. The van der Waals surface area contributed by atoms with Gasteiger partial charge in [-0.15, -0.1) is 0 Å². The minimum absolute atomic E-state index is 0.0754. The van der Waals surface area contributed by atoms with Gasteiger partial charge in [0.2, 0.25) is 0 Å². The Kier molecular flexibility index (Phi) is 9.25. The summed E-state index contributed by atoms with van der Waals surface area (Å²) in [6.45, 7) is 10.8. The molecule has 5 rings (SSSR count). The first-order chi connectivity index (χ1) is 21.4. The van der Waals surface area contributed by atoms with E-state index >= 15 is 0 Å². The lowest BCUT2D eigenvalue weighted by molar-refractivity contribution is -0.125. The molecule has 2 aromatic heterocycles. The Labute approximate surface area is 268 Å². The molecule has 10 nitrogen and oxygen atoms in total.